The summed E-state index contributed by atoms with van der Waals surface area (Å²) in [4.78, 5) is 10.6. The summed E-state index contributed by atoms with van der Waals surface area (Å²) in [7, 11) is 0. The fraction of sp³-hybridized carbons (Fsp3) is 0.600. The largest absolute Gasteiger partial charge is 0.480 e. The SMILES string of the molecule is C[C@](N)(C/C=C/CCNCC=N)C(=O)O. The van der Waals surface area contributed by atoms with Gasteiger partial charge < -0.3 is 21.6 Å². The van der Waals surface area contributed by atoms with Crippen LogP contribution in [0.3, 0.4) is 0 Å². The zero-order valence-corrected chi connectivity index (χ0v) is 8.99. The maximum atomic E-state index is 10.6. The lowest BCUT2D eigenvalue weighted by Crippen LogP contribution is -2.44. The monoisotopic (exact) mass is 213 g/mol. The fourth-order valence-electron chi connectivity index (χ4n) is 0.893. The predicted octanol–water partition coefficient (Wildman–Crippen LogP) is 0.364. The number of aliphatic carboxylic acids is 1. The van der Waals surface area contributed by atoms with Crippen LogP contribution >= 0.6 is 0 Å². The van der Waals surface area contributed by atoms with E-state index < -0.39 is 11.5 Å². The van der Waals surface area contributed by atoms with Gasteiger partial charge in [-0.15, -0.1) is 0 Å². The lowest BCUT2D eigenvalue weighted by atomic mass is 9.99. The molecule has 0 aliphatic rings. The number of nitrogens with two attached hydrogens (primary N) is 1. The van der Waals surface area contributed by atoms with E-state index in [0.717, 1.165) is 13.0 Å². The molecule has 0 fully saturated rings. The molecule has 5 nitrogen and oxygen atoms in total. The number of rotatable bonds is 8. The van der Waals surface area contributed by atoms with Gasteiger partial charge in [-0.25, -0.2) is 0 Å². The van der Waals surface area contributed by atoms with Gasteiger partial charge in [-0.05, 0) is 26.3 Å². The molecule has 0 aliphatic carbocycles. The van der Waals surface area contributed by atoms with Gasteiger partial charge in [0.15, 0.2) is 0 Å². The van der Waals surface area contributed by atoms with Crippen molar-refractivity contribution < 1.29 is 9.90 Å². The molecule has 0 aromatic carbocycles. The van der Waals surface area contributed by atoms with E-state index in [1.54, 1.807) is 6.08 Å². The highest BCUT2D eigenvalue weighted by atomic mass is 16.4. The van der Waals surface area contributed by atoms with Gasteiger partial charge in [0.05, 0.1) is 0 Å². The fourth-order valence-corrected chi connectivity index (χ4v) is 0.893. The van der Waals surface area contributed by atoms with Crippen LogP contribution in [0.15, 0.2) is 12.2 Å². The van der Waals surface area contributed by atoms with Crippen molar-refractivity contribution in [1.82, 2.24) is 5.32 Å². The molecule has 86 valence electrons. The van der Waals surface area contributed by atoms with E-state index in [9.17, 15) is 4.79 Å². The van der Waals surface area contributed by atoms with E-state index in [-0.39, 0.29) is 0 Å². The Morgan fingerprint density at radius 1 is 1.60 bits per heavy atom. The van der Waals surface area contributed by atoms with Gasteiger partial charge in [-0.2, -0.15) is 0 Å². The van der Waals surface area contributed by atoms with E-state index >= 15 is 0 Å². The molecule has 5 heteroatoms. The average Bonchev–Trinajstić information content (AvgIpc) is 2.16. The summed E-state index contributed by atoms with van der Waals surface area (Å²) in [6.07, 6.45) is 6.10. The van der Waals surface area contributed by atoms with Crippen molar-refractivity contribution >= 4 is 12.2 Å². The highest BCUT2D eigenvalue weighted by Crippen LogP contribution is 2.06. The summed E-state index contributed by atoms with van der Waals surface area (Å²) < 4.78 is 0. The van der Waals surface area contributed by atoms with Crippen LogP contribution in [-0.4, -0.2) is 35.9 Å². The second-order valence-electron chi connectivity index (χ2n) is 3.60. The Hall–Kier alpha value is -1.20. The van der Waals surface area contributed by atoms with Crippen molar-refractivity contribution in [3.63, 3.8) is 0 Å². The van der Waals surface area contributed by atoms with Gasteiger partial charge in [0.1, 0.15) is 5.54 Å². The molecule has 0 heterocycles. The highest BCUT2D eigenvalue weighted by Gasteiger charge is 2.25. The number of carbonyl (C=O) groups is 1. The molecule has 0 radical (unpaired) electrons. The van der Waals surface area contributed by atoms with Gasteiger partial charge in [0.2, 0.25) is 0 Å². The molecule has 0 unspecified atom stereocenters. The summed E-state index contributed by atoms with van der Waals surface area (Å²) in [5, 5.41) is 18.5. The standard InChI is InChI=1S/C10H19N3O2/c1-10(12,9(14)15)5-3-2-4-7-13-8-6-11/h2-3,6,11,13H,4-5,7-8,12H2,1H3,(H,14,15)/b3-2+,11-6?/t10-/m0/s1. The van der Waals surface area contributed by atoms with Gasteiger partial charge in [-0.3, -0.25) is 4.79 Å². The number of hydrogen-bond acceptors (Lipinski definition) is 4. The molecular weight excluding hydrogens is 194 g/mol. The molecule has 15 heavy (non-hydrogen) atoms. The number of carboxylic acids is 1. The van der Waals surface area contributed by atoms with Crippen LogP contribution in [0.2, 0.25) is 0 Å². The Balaban J connectivity index is 3.62. The number of carboxylic acid groups (broad SMARTS) is 1. The molecule has 0 saturated heterocycles. The number of nitrogens with one attached hydrogen (secondary N) is 2. The molecule has 0 aromatic heterocycles. The Bertz CT molecular complexity index is 237. The van der Waals surface area contributed by atoms with Crippen molar-refractivity contribution in [2.45, 2.75) is 25.3 Å². The molecular formula is C10H19N3O2. The molecule has 0 saturated carbocycles. The summed E-state index contributed by atoms with van der Waals surface area (Å²) >= 11 is 0. The van der Waals surface area contributed by atoms with Crippen LogP contribution < -0.4 is 11.1 Å². The minimum atomic E-state index is -1.18. The van der Waals surface area contributed by atoms with Crippen LogP contribution in [0.4, 0.5) is 0 Å². The van der Waals surface area contributed by atoms with Gasteiger partial charge in [0.25, 0.3) is 0 Å². The minimum absolute atomic E-state index is 0.326. The molecule has 0 aliphatic heterocycles. The molecule has 5 N–H and O–H groups in total. The van der Waals surface area contributed by atoms with Crippen LogP contribution in [0.25, 0.3) is 0 Å². The number of hydrogen-bond donors (Lipinski definition) is 4. The summed E-state index contributed by atoms with van der Waals surface area (Å²) in [6.45, 7) is 2.84. The van der Waals surface area contributed by atoms with Crippen LogP contribution in [0.5, 0.6) is 0 Å². The first-order chi connectivity index (χ1) is 7.00. The average molecular weight is 213 g/mol. The van der Waals surface area contributed by atoms with Crippen LogP contribution in [-0.2, 0) is 4.79 Å². The van der Waals surface area contributed by atoms with E-state index in [0.29, 0.717) is 13.0 Å². The Morgan fingerprint density at radius 2 is 2.27 bits per heavy atom. The topological polar surface area (TPSA) is 99.2 Å². The molecule has 0 spiro atoms. The zero-order chi connectivity index (χ0) is 11.7. The first-order valence-corrected chi connectivity index (χ1v) is 4.87. The third kappa shape index (κ3) is 6.82. The second-order valence-corrected chi connectivity index (χ2v) is 3.60. The second kappa shape index (κ2) is 7.14. The van der Waals surface area contributed by atoms with Crippen molar-refractivity contribution in [3.05, 3.63) is 12.2 Å². The molecule has 0 aromatic rings. The lowest BCUT2D eigenvalue weighted by molar-refractivity contribution is -0.142. The van der Waals surface area contributed by atoms with Gasteiger partial charge in [0, 0.05) is 12.8 Å². The third-order valence-corrected chi connectivity index (χ3v) is 1.93. The lowest BCUT2D eigenvalue weighted by Gasteiger charge is -2.16. The van der Waals surface area contributed by atoms with E-state index in [4.69, 9.17) is 16.2 Å². The smallest absolute Gasteiger partial charge is 0.323 e. The van der Waals surface area contributed by atoms with Crippen molar-refractivity contribution in [2.24, 2.45) is 5.73 Å². The Kier molecular flexibility index (Phi) is 6.57. The quantitative estimate of drug-likeness (QED) is 0.266. The summed E-state index contributed by atoms with van der Waals surface area (Å²) in [6, 6.07) is 0. The summed E-state index contributed by atoms with van der Waals surface area (Å²) in [5.74, 6) is -0.992. The predicted molar refractivity (Wildman–Crippen MR) is 60.3 cm³/mol. The van der Waals surface area contributed by atoms with Crippen LogP contribution in [0, 0.1) is 5.41 Å². The maximum absolute atomic E-state index is 10.6. The summed E-state index contributed by atoms with van der Waals surface area (Å²) in [5.41, 5.74) is 4.34. The van der Waals surface area contributed by atoms with Crippen molar-refractivity contribution in [2.75, 3.05) is 13.1 Å². The van der Waals surface area contributed by atoms with E-state index in [1.165, 1.54) is 13.1 Å². The van der Waals surface area contributed by atoms with Gasteiger partial charge in [-0.1, -0.05) is 12.2 Å². The zero-order valence-electron chi connectivity index (χ0n) is 8.99. The third-order valence-electron chi connectivity index (χ3n) is 1.93. The Morgan fingerprint density at radius 3 is 2.80 bits per heavy atom. The van der Waals surface area contributed by atoms with E-state index in [1.807, 2.05) is 6.08 Å². The molecule has 1 atom stereocenters. The first-order valence-electron chi connectivity index (χ1n) is 4.87. The van der Waals surface area contributed by atoms with Crippen LogP contribution in [0.1, 0.15) is 19.8 Å². The Labute approximate surface area is 89.9 Å². The minimum Gasteiger partial charge on any atom is -0.480 e. The molecule has 0 rings (SSSR count). The van der Waals surface area contributed by atoms with E-state index in [2.05, 4.69) is 5.32 Å². The maximum Gasteiger partial charge on any atom is 0.323 e. The van der Waals surface area contributed by atoms with Gasteiger partial charge >= 0.3 is 5.97 Å². The molecule has 0 amide bonds. The first kappa shape index (κ1) is 13.8. The van der Waals surface area contributed by atoms with Crippen molar-refractivity contribution in [3.8, 4) is 0 Å². The van der Waals surface area contributed by atoms with Crippen molar-refractivity contribution in [1.29, 1.82) is 5.41 Å². The normalized spacial score (nSPS) is 15.1. The molecule has 0 bridgehead atoms. The highest BCUT2D eigenvalue weighted by molar-refractivity contribution is 5.78.